The predicted molar refractivity (Wildman–Crippen MR) is 143 cm³/mol. The number of halogens is 2. The Hall–Kier alpha value is -4.74. The Morgan fingerprint density at radius 2 is 1.68 bits per heavy atom. The van der Waals surface area contributed by atoms with Crippen molar-refractivity contribution in [3.05, 3.63) is 99.0 Å². The number of hydrogen-bond donors (Lipinski definition) is 3. The summed E-state index contributed by atoms with van der Waals surface area (Å²) in [5, 5.41) is 4.95. The number of amides is 3. The van der Waals surface area contributed by atoms with E-state index < -0.39 is 51.9 Å². The van der Waals surface area contributed by atoms with Crippen LogP contribution in [0.15, 0.2) is 59.5 Å². The average Bonchev–Trinajstić information content (AvgIpc) is 2.87. The number of ether oxygens (including phenoxy) is 2. The maximum atomic E-state index is 14.1. The molecule has 3 rings (SSSR count). The minimum Gasteiger partial charge on any atom is -0.482 e. The molecule has 1 heterocycles. The summed E-state index contributed by atoms with van der Waals surface area (Å²) >= 11 is 0. The molecule has 0 radical (unpaired) electrons. The molecule has 3 N–H and O–H groups in total. The lowest BCUT2D eigenvalue weighted by Gasteiger charge is -2.23. The maximum Gasteiger partial charge on any atom is 0.426 e. The molecule has 3 aromatic rings. The van der Waals surface area contributed by atoms with Crippen molar-refractivity contribution in [1.29, 1.82) is 0 Å². The number of nitrogens with zero attached hydrogens (tertiary/aromatic N) is 1. The first-order chi connectivity index (χ1) is 18.9. The van der Waals surface area contributed by atoms with E-state index in [1.54, 1.807) is 58.0 Å². The maximum absolute atomic E-state index is 14.1. The zero-order chi connectivity index (χ0) is 29.4. The first-order valence-electron chi connectivity index (χ1n) is 12.4. The molecular formula is C28H30F2N4O6. The summed E-state index contributed by atoms with van der Waals surface area (Å²) in [5.74, 6) is -3.90. The van der Waals surface area contributed by atoms with Gasteiger partial charge in [0.15, 0.2) is 11.4 Å². The standard InChI is InChI=1S/C28H30F2N4O6/c1-5-31-26(37)22-24(39-16-17-9-7-6-8-10-17)23(35)20(15-34(22)33-27(38)40-28(2,3)4)25(36)32-14-18-11-12-19(29)13-21(18)30/h6-13,15H,5,14,16H2,1-4H3,(H,31,37)(H,32,36)(H,33,38). The Kier molecular flexibility index (Phi) is 9.59. The second-order valence-corrected chi connectivity index (χ2v) is 9.59. The smallest absolute Gasteiger partial charge is 0.426 e. The van der Waals surface area contributed by atoms with Crippen LogP contribution in [-0.2, 0) is 17.9 Å². The quantitative estimate of drug-likeness (QED) is 0.367. The molecule has 0 atom stereocenters. The molecule has 0 spiro atoms. The van der Waals surface area contributed by atoms with Crippen LogP contribution in [0.3, 0.4) is 0 Å². The van der Waals surface area contributed by atoms with E-state index in [-0.39, 0.29) is 31.0 Å². The molecule has 2 aromatic carbocycles. The van der Waals surface area contributed by atoms with Gasteiger partial charge in [0.05, 0.1) is 0 Å². The Bertz CT molecular complexity index is 1450. The van der Waals surface area contributed by atoms with Crippen molar-refractivity contribution in [2.45, 2.75) is 46.4 Å². The van der Waals surface area contributed by atoms with E-state index >= 15 is 0 Å². The van der Waals surface area contributed by atoms with Gasteiger partial charge in [-0.25, -0.2) is 23.7 Å². The van der Waals surface area contributed by atoms with Gasteiger partial charge in [0, 0.05) is 30.9 Å². The van der Waals surface area contributed by atoms with Crippen LogP contribution in [0.1, 0.15) is 59.7 Å². The van der Waals surface area contributed by atoms with Crippen LogP contribution < -0.4 is 26.2 Å². The van der Waals surface area contributed by atoms with E-state index in [0.717, 1.165) is 23.0 Å². The molecule has 0 bridgehead atoms. The Labute approximate surface area is 229 Å². The molecule has 0 aliphatic heterocycles. The van der Waals surface area contributed by atoms with Crippen LogP contribution in [-0.4, -0.2) is 34.7 Å². The molecule has 12 heteroatoms. The van der Waals surface area contributed by atoms with E-state index in [9.17, 15) is 28.0 Å². The number of benzene rings is 2. The largest absolute Gasteiger partial charge is 0.482 e. The fourth-order valence-corrected chi connectivity index (χ4v) is 3.50. The number of carbonyl (C=O) groups is 3. The molecule has 1 aromatic heterocycles. The van der Waals surface area contributed by atoms with E-state index in [0.29, 0.717) is 11.6 Å². The highest BCUT2D eigenvalue weighted by molar-refractivity contribution is 5.99. The van der Waals surface area contributed by atoms with Crippen molar-refractivity contribution >= 4 is 17.9 Å². The summed E-state index contributed by atoms with van der Waals surface area (Å²) in [6.07, 6.45) is -0.0295. The average molecular weight is 557 g/mol. The molecule has 3 amide bonds. The predicted octanol–water partition coefficient (Wildman–Crippen LogP) is 3.86. The fourth-order valence-electron chi connectivity index (χ4n) is 3.50. The highest BCUT2D eigenvalue weighted by atomic mass is 19.1. The lowest BCUT2D eigenvalue weighted by molar-refractivity contribution is 0.0611. The number of rotatable bonds is 9. The first kappa shape index (κ1) is 29.8. The van der Waals surface area contributed by atoms with Gasteiger partial charge in [0.1, 0.15) is 29.4 Å². The van der Waals surface area contributed by atoms with Gasteiger partial charge >= 0.3 is 6.09 Å². The number of aromatic nitrogens is 1. The van der Waals surface area contributed by atoms with Crippen LogP contribution >= 0.6 is 0 Å². The van der Waals surface area contributed by atoms with Gasteiger partial charge < -0.3 is 20.1 Å². The minimum absolute atomic E-state index is 0.0264. The molecule has 0 saturated carbocycles. The normalized spacial score (nSPS) is 10.9. The highest BCUT2D eigenvalue weighted by Crippen LogP contribution is 2.18. The zero-order valence-electron chi connectivity index (χ0n) is 22.5. The Morgan fingerprint density at radius 1 is 0.975 bits per heavy atom. The molecule has 0 saturated heterocycles. The third-order valence-corrected chi connectivity index (χ3v) is 5.25. The van der Waals surface area contributed by atoms with E-state index in [4.69, 9.17) is 9.47 Å². The van der Waals surface area contributed by atoms with E-state index in [1.165, 1.54) is 0 Å². The van der Waals surface area contributed by atoms with Gasteiger partial charge in [-0.3, -0.25) is 14.4 Å². The molecule has 0 fully saturated rings. The summed E-state index contributed by atoms with van der Waals surface area (Å²) < 4.78 is 39.2. The summed E-state index contributed by atoms with van der Waals surface area (Å²) in [4.78, 5) is 52.3. The SMILES string of the molecule is CCNC(=O)c1c(OCc2ccccc2)c(=O)c(C(=O)NCc2ccc(F)cc2F)cn1NC(=O)OC(C)(C)C. The van der Waals surface area contributed by atoms with Crippen LogP contribution in [0.5, 0.6) is 5.75 Å². The second kappa shape index (κ2) is 12.9. The fraction of sp³-hybridized carbons (Fsp3) is 0.286. The molecular weight excluding hydrogens is 526 g/mol. The lowest BCUT2D eigenvalue weighted by Crippen LogP contribution is -2.39. The second-order valence-electron chi connectivity index (χ2n) is 9.59. The van der Waals surface area contributed by atoms with Crippen molar-refractivity contribution in [2.75, 3.05) is 12.0 Å². The number of pyridine rings is 1. The molecule has 0 unspecified atom stereocenters. The molecule has 40 heavy (non-hydrogen) atoms. The Balaban J connectivity index is 2.07. The lowest BCUT2D eigenvalue weighted by atomic mass is 10.1. The van der Waals surface area contributed by atoms with Gasteiger partial charge in [-0.2, -0.15) is 0 Å². The zero-order valence-corrected chi connectivity index (χ0v) is 22.5. The molecule has 10 nitrogen and oxygen atoms in total. The van der Waals surface area contributed by atoms with Crippen LogP contribution in [0.25, 0.3) is 0 Å². The van der Waals surface area contributed by atoms with Crippen LogP contribution in [0, 0.1) is 11.6 Å². The Morgan fingerprint density at radius 3 is 2.30 bits per heavy atom. The topological polar surface area (TPSA) is 128 Å². The summed E-state index contributed by atoms with van der Waals surface area (Å²) in [7, 11) is 0. The van der Waals surface area contributed by atoms with E-state index in [2.05, 4.69) is 16.1 Å². The van der Waals surface area contributed by atoms with Crippen molar-refractivity contribution in [3.63, 3.8) is 0 Å². The number of hydrogen-bond acceptors (Lipinski definition) is 6. The summed E-state index contributed by atoms with van der Waals surface area (Å²) in [6, 6.07) is 11.6. The first-order valence-corrected chi connectivity index (χ1v) is 12.4. The van der Waals surface area contributed by atoms with Crippen molar-refractivity contribution in [1.82, 2.24) is 15.3 Å². The van der Waals surface area contributed by atoms with Gasteiger partial charge in [0.2, 0.25) is 5.43 Å². The van der Waals surface area contributed by atoms with Gasteiger partial charge in [0.25, 0.3) is 11.8 Å². The summed E-state index contributed by atoms with van der Waals surface area (Å²) in [6.45, 7) is 6.22. The third-order valence-electron chi connectivity index (χ3n) is 5.25. The number of carbonyl (C=O) groups excluding carboxylic acids is 3. The van der Waals surface area contributed by atoms with Gasteiger partial charge in [-0.1, -0.05) is 36.4 Å². The van der Waals surface area contributed by atoms with Crippen molar-refractivity contribution < 1.29 is 32.6 Å². The van der Waals surface area contributed by atoms with E-state index in [1.807, 2.05) is 0 Å². The van der Waals surface area contributed by atoms with Gasteiger partial charge in [-0.05, 0) is 39.3 Å². The van der Waals surface area contributed by atoms with Crippen LogP contribution in [0.2, 0.25) is 0 Å². The monoisotopic (exact) mass is 556 g/mol. The van der Waals surface area contributed by atoms with Crippen LogP contribution in [0.4, 0.5) is 13.6 Å². The highest BCUT2D eigenvalue weighted by Gasteiger charge is 2.28. The van der Waals surface area contributed by atoms with Crippen molar-refractivity contribution in [3.8, 4) is 5.75 Å². The third kappa shape index (κ3) is 7.88. The summed E-state index contributed by atoms with van der Waals surface area (Å²) in [5.41, 5.74) is 0.240. The molecule has 0 aliphatic rings. The van der Waals surface area contributed by atoms with Gasteiger partial charge in [-0.15, -0.1) is 0 Å². The molecule has 0 aliphatic carbocycles. The minimum atomic E-state index is -0.976. The van der Waals surface area contributed by atoms with Crippen molar-refractivity contribution in [2.24, 2.45) is 0 Å². The number of nitrogens with one attached hydrogen (secondary N) is 3. The molecule has 212 valence electrons.